The van der Waals surface area contributed by atoms with Gasteiger partial charge >= 0.3 is 0 Å². The lowest BCUT2D eigenvalue weighted by molar-refractivity contribution is -0.137. The second-order valence-electron chi connectivity index (χ2n) is 7.50. The molecule has 0 spiro atoms. The molecule has 3 heterocycles. The van der Waals surface area contributed by atoms with Crippen molar-refractivity contribution in [3.63, 3.8) is 0 Å². The number of carbonyl (C=O) groups is 3. The van der Waals surface area contributed by atoms with Crippen molar-refractivity contribution in [3.05, 3.63) is 59.2 Å². The fourth-order valence-electron chi connectivity index (χ4n) is 4.00. The van der Waals surface area contributed by atoms with Gasteiger partial charge in [-0.2, -0.15) is 0 Å². The van der Waals surface area contributed by atoms with E-state index >= 15 is 0 Å². The normalized spacial score (nSPS) is 17.0. The third-order valence-electron chi connectivity index (χ3n) is 5.70. The Morgan fingerprint density at radius 2 is 1.55 bits per heavy atom. The van der Waals surface area contributed by atoms with Crippen molar-refractivity contribution in [2.24, 2.45) is 11.7 Å². The Hall–Kier alpha value is -3.29. The van der Waals surface area contributed by atoms with Gasteiger partial charge in [0.1, 0.15) is 11.4 Å². The van der Waals surface area contributed by atoms with Gasteiger partial charge in [-0.3, -0.25) is 14.4 Å². The summed E-state index contributed by atoms with van der Waals surface area (Å²) in [4.78, 5) is 48.1. The van der Waals surface area contributed by atoms with E-state index in [0.717, 1.165) is 13.0 Å². The molecular formula is C21H23N5O3. The van der Waals surface area contributed by atoms with E-state index in [2.05, 4.69) is 22.1 Å². The summed E-state index contributed by atoms with van der Waals surface area (Å²) in [6, 6.07) is 8.26. The number of nitrogens with two attached hydrogens (primary N) is 1. The summed E-state index contributed by atoms with van der Waals surface area (Å²) in [5.74, 6) is -0.813. The average molecular weight is 393 g/mol. The van der Waals surface area contributed by atoms with Crippen LogP contribution in [0.3, 0.4) is 0 Å². The van der Waals surface area contributed by atoms with Crippen LogP contribution in [0.1, 0.15) is 44.9 Å². The van der Waals surface area contributed by atoms with E-state index < -0.39 is 5.91 Å². The Kier molecular flexibility index (Phi) is 5.24. The molecule has 29 heavy (non-hydrogen) atoms. The number of carbonyl (C=O) groups excluding carboxylic acids is 3. The lowest BCUT2D eigenvalue weighted by atomic mass is 9.93. The lowest BCUT2D eigenvalue weighted by Gasteiger charge is -2.36. The van der Waals surface area contributed by atoms with Gasteiger partial charge in [0.2, 0.25) is 5.91 Å². The zero-order valence-electron chi connectivity index (χ0n) is 16.1. The maximum Gasteiger partial charge on any atom is 0.274 e. The second-order valence-corrected chi connectivity index (χ2v) is 7.50. The highest BCUT2D eigenvalue weighted by Crippen LogP contribution is 2.25. The molecule has 2 aliphatic heterocycles. The molecule has 0 aliphatic carbocycles. The molecule has 1 saturated heterocycles. The molecule has 1 fully saturated rings. The smallest absolute Gasteiger partial charge is 0.274 e. The fourth-order valence-corrected chi connectivity index (χ4v) is 4.00. The van der Waals surface area contributed by atoms with Crippen LogP contribution < -0.4 is 5.73 Å². The van der Waals surface area contributed by atoms with Crippen LogP contribution in [0.2, 0.25) is 0 Å². The largest absolute Gasteiger partial charge is 0.364 e. The predicted molar refractivity (Wildman–Crippen MR) is 105 cm³/mol. The molecule has 2 aromatic rings. The summed E-state index contributed by atoms with van der Waals surface area (Å²) in [7, 11) is 0. The Morgan fingerprint density at radius 3 is 2.21 bits per heavy atom. The molecule has 0 unspecified atom stereocenters. The summed E-state index contributed by atoms with van der Waals surface area (Å²) >= 11 is 0. The highest BCUT2D eigenvalue weighted by Gasteiger charge is 2.32. The van der Waals surface area contributed by atoms with Crippen LogP contribution in [-0.2, 0) is 17.8 Å². The van der Waals surface area contributed by atoms with Gasteiger partial charge in [0.05, 0.1) is 12.4 Å². The minimum atomic E-state index is -0.684. The molecule has 0 radical (unpaired) electrons. The first-order valence-electron chi connectivity index (χ1n) is 9.79. The van der Waals surface area contributed by atoms with Crippen LogP contribution in [0.15, 0.2) is 36.7 Å². The monoisotopic (exact) mass is 393 g/mol. The van der Waals surface area contributed by atoms with E-state index in [1.165, 1.54) is 23.5 Å². The maximum atomic E-state index is 13.0. The van der Waals surface area contributed by atoms with Crippen molar-refractivity contribution in [1.29, 1.82) is 0 Å². The third kappa shape index (κ3) is 3.96. The first-order valence-corrected chi connectivity index (χ1v) is 9.79. The number of benzene rings is 1. The summed E-state index contributed by atoms with van der Waals surface area (Å²) in [5.41, 5.74) is 7.88. The highest BCUT2D eigenvalue weighted by atomic mass is 16.2. The molecule has 2 aliphatic rings. The number of likely N-dealkylation sites (tertiary alicyclic amines) is 1. The third-order valence-corrected chi connectivity index (χ3v) is 5.70. The van der Waals surface area contributed by atoms with Crippen molar-refractivity contribution >= 4 is 17.7 Å². The van der Waals surface area contributed by atoms with Gasteiger partial charge in [-0.15, -0.1) is 0 Å². The Bertz CT molecular complexity index is 936. The maximum absolute atomic E-state index is 13.0. The molecule has 0 saturated carbocycles. The van der Waals surface area contributed by atoms with E-state index in [1.54, 1.807) is 4.90 Å². The van der Waals surface area contributed by atoms with Crippen LogP contribution in [0, 0.1) is 5.92 Å². The minimum Gasteiger partial charge on any atom is -0.364 e. The van der Waals surface area contributed by atoms with E-state index in [4.69, 9.17) is 5.73 Å². The molecular weight excluding hydrogens is 370 g/mol. The summed E-state index contributed by atoms with van der Waals surface area (Å²) in [6.45, 7) is 2.41. The van der Waals surface area contributed by atoms with Gasteiger partial charge in [0.15, 0.2) is 0 Å². The fraction of sp³-hybridized carbons (Fsp3) is 0.381. The van der Waals surface area contributed by atoms with Gasteiger partial charge in [0.25, 0.3) is 11.8 Å². The number of fused-ring (bicyclic) bond motifs is 1. The standard InChI is InChI=1S/C21H23N5O3/c22-19(27)17-11-24-18(12-23-17)21(29)25-8-6-15(7-9-25)20(28)26-10-5-14-3-1-2-4-16(14)13-26/h1-4,11-12,15H,5-10,13H2,(H2,22,27). The average Bonchev–Trinajstić information content (AvgIpc) is 2.78. The Balaban J connectivity index is 1.34. The summed E-state index contributed by atoms with van der Waals surface area (Å²) in [5, 5.41) is 0. The van der Waals surface area contributed by atoms with Gasteiger partial charge in [0, 0.05) is 32.1 Å². The number of amides is 3. The first kappa shape index (κ1) is 19.0. The van der Waals surface area contributed by atoms with Crippen LogP contribution in [0.4, 0.5) is 0 Å². The van der Waals surface area contributed by atoms with Crippen LogP contribution in [0.5, 0.6) is 0 Å². The van der Waals surface area contributed by atoms with Gasteiger partial charge in [-0.05, 0) is 30.4 Å². The molecule has 8 nitrogen and oxygen atoms in total. The quantitative estimate of drug-likeness (QED) is 0.837. The molecule has 3 amide bonds. The molecule has 0 atom stereocenters. The summed E-state index contributed by atoms with van der Waals surface area (Å²) < 4.78 is 0. The van der Waals surface area contributed by atoms with Gasteiger partial charge < -0.3 is 15.5 Å². The second kappa shape index (κ2) is 7.98. The zero-order chi connectivity index (χ0) is 20.4. The Labute approximate surface area is 168 Å². The van der Waals surface area contributed by atoms with Gasteiger partial charge in [-0.1, -0.05) is 24.3 Å². The minimum absolute atomic E-state index is 0.0222. The first-order chi connectivity index (χ1) is 14.0. The van der Waals surface area contributed by atoms with Crippen LogP contribution in [0.25, 0.3) is 0 Å². The van der Waals surface area contributed by atoms with Crippen molar-refractivity contribution in [3.8, 4) is 0 Å². The molecule has 4 rings (SSSR count). The lowest BCUT2D eigenvalue weighted by Crippen LogP contribution is -2.45. The van der Waals surface area contributed by atoms with Crippen molar-refractivity contribution in [2.75, 3.05) is 19.6 Å². The molecule has 150 valence electrons. The topological polar surface area (TPSA) is 109 Å². The van der Waals surface area contributed by atoms with E-state index in [9.17, 15) is 14.4 Å². The summed E-state index contributed by atoms with van der Waals surface area (Å²) in [6.07, 6.45) is 4.63. The molecule has 1 aromatic carbocycles. The number of rotatable bonds is 3. The van der Waals surface area contributed by atoms with Crippen LogP contribution >= 0.6 is 0 Å². The number of hydrogen-bond donors (Lipinski definition) is 1. The number of nitrogens with zero attached hydrogens (tertiary/aromatic N) is 4. The number of hydrogen-bond acceptors (Lipinski definition) is 5. The molecule has 0 bridgehead atoms. The molecule has 1 aromatic heterocycles. The number of primary amides is 1. The van der Waals surface area contributed by atoms with Crippen molar-refractivity contribution in [2.45, 2.75) is 25.8 Å². The molecule has 8 heteroatoms. The zero-order valence-corrected chi connectivity index (χ0v) is 16.1. The van der Waals surface area contributed by atoms with E-state index in [1.807, 2.05) is 17.0 Å². The van der Waals surface area contributed by atoms with Crippen molar-refractivity contribution in [1.82, 2.24) is 19.8 Å². The number of aromatic nitrogens is 2. The predicted octanol–water partition coefficient (Wildman–Crippen LogP) is 1.01. The van der Waals surface area contributed by atoms with E-state index in [0.29, 0.717) is 32.5 Å². The van der Waals surface area contributed by atoms with Gasteiger partial charge in [-0.25, -0.2) is 9.97 Å². The van der Waals surface area contributed by atoms with E-state index in [-0.39, 0.29) is 29.1 Å². The van der Waals surface area contributed by atoms with Crippen LogP contribution in [-0.4, -0.2) is 57.1 Å². The SMILES string of the molecule is NC(=O)c1cnc(C(=O)N2CCC(C(=O)N3CCc4ccccc4C3)CC2)cn1. The number of piperidine rings is 1. The molecule has 2 N–H and O–H groups in total. The Morgan fingerprint density at radius 1 is 0.897 bits per heavy atom. The van der Waals surface area contributed by atoms with Crippen molar-refractivity contribution < 1.29 is 14.4 Å². The highest BCUT2D eigenvalue weighted by molar-refractivity contribution is 5.94.